The van der Waals surface area contributed by atoms with Crippen LogP contribution >= 0.6 is 15.9 Å². The molecule has 0 fully saturated rings. The minimum absolute atomic E-state index is 0.0776. The first-order valence-electron chi connectivity index (χ1n) is 4.68. The van der Waals surface area contributed by atoms with Gasteiger partial charge in [-0.05, 0) is 24.7 Å². The van der Waals surface area contributed by atoms with E-state index in [0.717, 1.165) is 5.56 Å². The van der Waals surface area contributed by atoms with Gasteiger partial charge < -0.3 is 4.90 Å². The Balaban J connectivity index is 2.45. The van der Waals surface area contributed by atoms with Crippen LogP contribution in [0.1, 0.15) is 5.56 Å². The first-order chi connectivity index (χ1) is 7.39. The molecule has 0 aliphatic heterocycles. The van der Waals surface area contributed by atoms with Gasteiger partial charge in [0.1, 0.15) is 4.83 Å². The number of pyridine rings is 1. The highest BCUT2D eigenvalue weighted by Gasteiger charge is 2.38. The van der Waals surface area contributed by atoms with E-state index in [0.29, 0.717) is 6.54 Å². The lowest BCUT2D eigenvalue weighted by Crippen LogP contribution is -2.35. The molecule has 1 rings (SSSR count). The van der Waals surface area contributed by atoms with E-state index < -0.39 is 11.0 Å². The maximum absolute atomic E-state index is 12.3. The van der Waals surface area contributed by atoms with E-state index >= 15 is 0 Å². The van der Waals surface area contributed by atoms with E-state index in [9.17, 15) is 13.2 Å². The second kappa shape index (κ2) is 5.63. The first kappa shape index (κ1) is 13.4. The largest absolute Gasteiger partial charge is 0.402 e. The van der Waals surface area contributed by atoms with Gasteiger partial charge in [0.05, 0.1) is 0 Å². The van der Waals surface area contributed by atoms with Crippen LogP contribution in [0.25, 0.3) is 0 Å². The number of aromatic nitrogens is 1. The van der Waals surface area contributed by atoms with Crippen molar-refractivity contribution < 1.29 is 13.2 Å². The molecule has 0 saturated carbocycles. The van der Waals surface area contributed by atoms with E-state index in [-0.39, 0.29) is 6.54 Å². The molecule has 0 aromatic carbocycles. The van der Waals surface area contributed by atoms with Crippen molar-refractivity contribution in [3.05, 3.63) is 30.1 Å². The molecule has 0 amide bonds. The molecule has 1 heterocycles. The van der Waals surface area contributed by atoms with Crippen molar-refractivity contribution in [1.29, 1.82) is 0 Å². The second-order valence-electron chi connectivity index (χ2n) is 3.56. The number of hydrogen-bond acceptors (Lipinski definition) is 2. The van der Waals surface area contributed by atoms with Crippen LogP contribution in [0.15, 0.2) is 24.5 Å². The summed E-state index contributed by atoms with van der Waals surface area (Å²) in [4.78, 5) is 3.96. The molecule has 1 aromatic heterocycles. The van der Waals surface area contributed by atoms with Gasteiger partial charge >= 0.3 is 6.18 Å². The highest BCUT2D eigenvalue weighted by molar-refractivity contribution is 9.09. The molecule has 1 aromatic rings. The molecule has 1 unspecified atom stereocenters. The topological polar surface area (TPSA) is 16.1 Å². The Labute approximate surface area is 101 Å². The zero-order valence-corrected chi connectivity index (χ0v) is 10.3. The predicted molar refractivity (Wildman–Crippen MR) is 59.3 cm³/mol. The number of nitrogens with zero attached hydrogens (tertiary/aromatic N) is 2. The molecular formula is C10H12BrF3N2. The summed E-state index contributed by atoms with van der Waals surface area (Å²) in [6.45, 7) is 0.395. The van der Waals surface area contributed by atoms with E-state index in [4.69, 9.17) is 0 Å². The van der Waals surface area contributed by atoms with Crippen molar-refractivity contribution in [3.63, 3.8) is 0 Å². The van der Waals surface area contributed by atoms with Gasteiger partial charge in [-0.3, -0.25) is 4.98 Å². The Kier molecular flexibility index (Phi) is 4.73. The van der Waals surface area contributed by atoms with Gasteiger partial charge in [-0.25, -0.2) is 0 Å². The third kappa shape index (κ3) is 4.49. The summed E-state index contributed by atoms with van der Waals surface area (Å²) < 4.78 is 36.8. The fraction of sp³-hybridized carbons (Fsp3) is 0.500. The van der Waals surface area contributed by atoms with Gasteiger partial charge in [-0.1, -0.05) is 15.9 Å². The summed E-state index contributed by atoms with van der Waals surface area (Å²) >= 11 is 2.63. The quantitative estimate of drug-likeness (QED) is 0.794. The molecule has 2 nitrogen and oxygen atoms in total. The molecule has 0 saturated heterocycles. The number of alkyl halides is 4. The van der Waals surface area contributed by atoms with E-state index in [1.54, 1.807) is 36.5 Å². The highest BCUT2D eigenvalue weighted by Crippen LogP contribution is 2.26. The van der Waals surface area contributed by atoms with Gasteiger partial charge in [0.25, 0.3) is 0 Å². The Morgan fingerprint density at radius 3 is 2.44 bits per heavy atom. The highest BCUT2D eigenvalue weighted by atomic mass is 79.9. The van der Waals surface area contributed by atoms with E-state index in [1.165, 1.54) is 0 Å². The Morgan fingerprint density at radius 2 is 1.94 bits per heavy atom. The van der Waals surface area contributed by atoms with Crippen molar-refractivity contribution in [2.75, 3.05) is 13.6 Å². The molecule has 0 radical (unpaired) electrons. The second-order valence-corrected chi connectivity index (χ2v) is 4.67. The number of halogens is 4. The van der Waals surface area contributed by atoms with Gasteiger partial charge in [-0.15, -0.1) is 0 Å². The zero-order valence-electron chi connectivity index (χ0n) is 8.71. The van der Waals surface area contributed by atoms with Crippen LogP contribution < -0.4 is 0 Å². The molecule has 0 bridgehead atoms. The maximum atomic E-state index is 12.3. The third-order valence-corrected chi connectivity index (χ3v) is 2.84. The fourth-order valence-electron chi connectivity index (χ4n) is 1.24. The molecule has 0 aliphatic rings. The van der Waals surface area contributed by atoms with Crippen LogP contribution in [-0.4, -0.2) is 34.5 Å². The lowest BCUT2D eigenvalue weighted by atomic mass is 10.2. The predicted octanol–water partition coefficient (Wildman–Crippen LogP) is 2.84. The average Bonchev–Trinajstić information content (AvgIpc) is 2.17. The lowest BCUT2D eigenvalue weighted by molar-refractivity contribution is -0.130. The SMILES string of the molecule is CN(Cc1ccncc1)CC(Br)C(F)(F)F. The molecule has 6 heteroatoms. The summed E-state index contributed by atoms with van der Waals surface area (Å²) in [6.07, 6.45) is -0.955. The molecule has 90 valence electrons. The normalized spacial score (nSPS) is 14.1. The van der Waals surface area contributed by atoms with Crippen LogP contribution in [-0.2, 0) is 6.54 Å². The number of hydrogen-bond donors (Lipinski definition) is 0. The van der Waals surface area contributed by atoms with Crippen molar-refractivity contribution >= 4 is 15.9 Å². The summed E-state index contributed by atoms with van der Waals surface area (Å²) in [5.41, 5.74) is 0.944. The van der Waals surface area contributed by atoms with E-state index in [1.807, 2.05) is 0 Å². The molecule has 16 heavy (non-hydrogen) atoms. The summed E-state index contributed by atoms with van der Waals surface area (Å²) in [6, 6.07) is 3.57. The lowest BCUT2D eigenvalue weighted by Gasteiger charge is -2.21. The average molecular weight is 297 g/mol. The first-order valence-corrected chi connectivity index (χ1v) is 5.59. The standard InChI is InChI=1S/C10H12BrF3N2/c1-16(7-9(11)10(12,13)14)6-8-2-4-15-5-3-8/h2-5,9H,6-7H2,1H3. The molecule has 0 N–H and O–H groups in total. The molecule has 0 spiro atoms. The summed E-state index contributed by atoms with van der Waals surface area (Å²) in [5.74, 6) is 0. The minimum Gasteiger partial charge on any atom is -0.301 e. The van der Waals surface area contributed by atoms with Gasteiger partial charge in [-0.2, -0.15) is 13.2 Å². The minimum atomic E-state index is -4.20. The molecule has 1 atom stereocenters. The monoisotopic (exact) mass is 296 g/mol. The third-order valence-electron chi connectivity index (χ3n) is 2.03. The van der Waals surface area contributed by atoms with Crippen molar-refractivity contribution in [3.8, 4) is 0 Å². The van der Waals surface area contributed by atoms with Crippen molar-refractivity contribution in [2.45, 2.75) is 17.5 Å². The van der Waals surface area contributed by atoms with Crippen molar-refractivity contribution in [1.82, 2.24) is 9.88 Å². The Bertz CT molecular complexity index is 316. The van der Waals surface area contributed by atoms with Crippen LogP contribution in [0.5, 0.6) is 0 Å². The van der Waals surface area contributed by atoms with Gasteiger partial charge in [0.2, 0.25) is 0 Å². The van der Waals surface area contributed by atoms with Gasteiger partial charge in [0.15, 0.2) is 0 Å². The molecular weight excluding hydrogens is 285 g/mol. The van der Waals surface area contributed by atoms with Crippen LogP contribution in [0.2, 0.25) is 0 Å². The maximum Gasteiger partial charge on any atom is 0.402 e. The van der Waals surface area contributed by atoms with E-state index in [2.05, 4.69) is 20.9 Å². The Hall–Kier alpha value is -0.620. The zero-order chi connectivity index (χ0) is 12.2. The van der Waals surface area contributed by atoms with Crippen LogP contribution in [0.4, 0.5) is 13.2 Å². The van der Waals surface area contributed by atoms with Gasteiger partial charge in [0, 0.05) is 25.5 Å². The van der Waals surface area contributed by atoms with Crippen molar-refractivity contribution in [2.24, 2.45) is 0 Å². The fourth-order valence-corrected chi connectivity index (χ4v) is 1.74. The smallest absolute Gasteiger partial charge is 0.301 e. The molecule has 0 aliphatic carbocycles. The van der Waals surface area contributed by atoms with Crippen LogP contribution in [0, 0.1) is 0 Å². The summed E-state index contributed by atoms with van der Waals surface area (Å²) in [5, 5.41) is 0. The van der Waals surface area contributed by atoms with Crippen LogP contribution in [0.3, 0.4) is 0 Å². The summed E-state index contributed by atoms with van der Waals surface area (Å²) in [7, 11) is 1.65. The number of rotatable bonds is 4. The Morgan fingerprint density at radius 1 is 1.38 bits per heavy atom.